The van der Waals surface area contributed by atoms with E-state index in [0.717, 1.165) is 47.4 Å². The number of rotatable bonds is 7. The molecule has 6 rings (SSSR count). The van der Waals surface area contributed by atoms with Gasteiger partial charge in [0.2, 0.25) is 5.82 Å². The van der Waals surface area contributed by atoms with E-state index in [9.17, 15) is 4.79 Å². The molecule has 2 aliphatic heterocycles. The Labute approximate surface area is 196 Å². The third-order valence-electron chi connectivity index (χ3n) is 6.69. The van der Waals surface area contributed by atoms with Crippen molar-refractivity contribution in [1.82, 2.24) is 25.2 Å². The van der Waals surface area contributed by atoms with Gasteiger partial charge in [-0.15, -0.1) is 10.2 Å². The summed E-state index contributed by atoms with van der Waals surface area (Å²) >= 11 is 0. The summed E-state index contributed by atoms with van der Waals surface area (Å²) in [7, 11) is 0. The van der Waals surface area contributed by atoms with E-state index in [1.165, 1.54) is 0 Å². The molecule has 10 nitrogen and oxygen atoms in total. The molecule has 0 bridgehead atoms. The van der Waals surface area contributed by atoms with Crippen molar-refractivity contribution in [3.05, 3.63) is 51.6 Å². The molecule has 0 amide bonds. The maximum absolute atomic E-state index is 12.9. The van der Waals surface area contributed by atoms with Crippen LogP contribution >= 0.6 is 0 Å². The molecule has 2 atom stereocenters. The lowest BCUT2D eigenvalue weighted by Gasteiger charge is -2.27. The number of aromatic nitrogens is 5. The zero-order chi connectivity index (χ0) is 23.1. The molecule has 3 aliphatic rings. The Morgan fingerprint density at radius 3 is 2.94 bits per heavy atom. The summed E-state index contributed by atoms with van der Waals surface area (Å²) in [5.41, 5.74) is 3.94. The quantitative estimate of drug-likeness (QED) is 0.565. The van der Waals surface area contributed by atoms with Gasteiger partial charge in [0.25, 0.3) is 5.56 Å². The molecule has 4 heterocycles. The standard InChI is InChI=1S/C24H27N5O5/c1-14-20(33-13-18-12-31-8-9-32-18)11-21(30)29-7-6-16-10-17(4-5-19(16)22(14)29)34-23(15-2-3-15)24-25-27-28-26-24/h4-5,10-11,15,18,23H,2-3,6-9,12-13H2,1H3,(H,25,26,27,28)/t18-,23?/m0/s1. The van der Waals surface area contributed by atoms with E-state index in [1.54, 1.807) is 6.07 Å². The van der Waals surface area contributed by atoms with E-state index >= 15 is 0 Å². The Morgan fingerprint density at radius 2 is 2.18 bits per heavy atom. The van der Waals surface area contributed by atoms with E-state index < -0.39 is 0 Å². The number of nitrogens with one attached hydrogen (secondary N) is 1. The summed E-state index contributed by atoms with van der Waals surface area (Å²) in [6, 6.07) is 7.63. The summed E-state index contributed by atoms with van der Waals surface area (Å²) in [6.45, 7) is 4.63. The lowest BCUT2D eigenvalue weighted by molar-refractivity contribution is -0.101. The molecule has 2 aromatic heterocycles. The Hall–Kier alpha value is -3.24. The van der Waals surface area contributed by atoms with Gasteiger partial charge in [0.05, 0.1) is 25.5 Å². The van der Waals surface area contributed by atoms with Gasteiger partial charge >= 0.3 is 0 Å². The monoisotopic (exact) mass is 465 g/mol. The molecule has 2 fully saturated rings. The van der Waals surface area contributed by atoms with E-state index in [2.05, 4.69) is 26.7 Å². The summed E-state index contributed by atoms with van der Waals surface area (Å²) in [5, 5.41) is 14.5. The second-order valence-electron chi connectivity index (χ2n) is 9.07. The molecule has 178 valence electrons. The van der Waals surface area contributed by atoms with E-state index in [-0.39, 0.29) is 17.8 Å². The molecule has 1 saturated carbocycles. The molecule has 1 aromatic carbocycles. The third-order valence-corrected chi connectivity index (χ3v) is 6.69. The Bertz CT molecular complexity index is 1230. The number of fused-ring (bicyclic) bond motifs is 3. The highest BCUT2D eigenvalue weighted by molar-refractivity contribution is 5.71. The SMILES string of the molecule is Cc1c(OC[C@@H]2COCCO2)cc(=O)n2c1-c1ccc(OC(c3nn[nH]n3)C3CC3)cc1CC2. The summed E-state index contributed by atoms with van der Waals surface area (Å²) in [4.78, 5) is 12.9. The van der Waals surface area contributed by atoms with Gasteiger partial charge in [0.1, 0.15) is 24.2 Å². The lowest BCUT2D eigenvalue weighted by Crippen LogP contribution is -2.34. The fraction of sp³-hybridized carbons (Fsp3) is 0.500. The highest BCUT2D eigenvalue weighted by atomic mass is 16.6. The maximum Gasteiger partial charge on any atom is 0.254 e. The van der Waals surface area contributed by atoms with Crippen LogP contribution in [0.15, 0.2) is 29.1 Å². The van der Waals surface area contributed by atoms with Crippen LogP contribution in [-0.4, -0.2) is 57.7 Å². The number of H-pyrrole nitrogens is 1. The van der Waals surface area contributed by atoms with Crippen LogP contribution in [-0.2, 0) is 22.4 Å². The van der Waals surface area contributed by atoms with E-state index in [1.807, 2.05) is 23.6 Å². The van der Waals surface area contributed by atoms with Gasteiger partial charge in [-0.2, -0.15) is 5.21 Å². The first-order chi connectivity index (χ1) is 16.7. The molecular formula is C24H27N5O5. The van der Waals surface area contributed by atoms with Crippen molar-refractivity contribution in [2.24, 2.45) is 5.92 Å². The van der Waals surface area contributed by atoms with Crippen molar-refractivity contribution in [3.63, 3.8) is 0 Å². The molecule has 0 spiro atoms. The summed E-state index contributed by atoms with van der Waals surface area (Å²) < 4.78 is 25.3. The average molecular weight is 466 g/mol. The average Bonchev–Trinajstić information content (AvgIpc) is 3.56. The van der Waals surface area contributed by atoms with Crippen molar-refractivity contribution in [2.75, 3.05) is 26.4 Å². The Balaban J connectivity index is 1.28. The van der Waals surface area contributed by atoms with E-state index in [0.29, 0.717) is 50.5 Å². The summed E-state index contributed by atoms with van der Waals surface area (Å²) in [6.07, 6.45) is 2.62. The van der Waals surface area contributed by atoms with Crippen molar-refractivity contribution in [2.45, 2.75) is 44.9 Å². The van der Waals surface area contributed by atoms with Crippen LogP contribution in [0.4, 0.5) is 0 Å². The van der Waals surface area contributed by atoms with Gasteiger partial charge in [0.15, 0.2) is 6.10 Å². The topological polar surface area (TPSA) is 113 Å². The number of benzene rings is 1. The predicted molar refractivity (Wildman–Crippen MR) is 121 cm³/mol. The molecule has 1 aliphatic carbocycles. The molecule has 1 unspecified atom stereocenters. The highest BCUT2D eigenvalue weighted by Gasteiger charge is 2.37. The van der Waals surface area contributed by atoms with Gasteiger partial charge in [-0.05, 0) is 49.9 Å². The highest BCUT2D eigenvalue weighted by Crippen LogP contribution is 2.43. The van der Waals surface area contributed by atoms with Crippen LogP contribution in [0.25, 0.3) is 11.3 Å². The zero-order valence-corrected chi connectivity index (χ0v) is 19.0. The van der Waals surface area contributed by atoms with E-state index in [4.69, 9.17) is 18.9 Å². The third kappa shape index (κ3) is 4.07. The number of hydrogen-bond donors (Lipinski definition) is 1. The minimum absolute atomic E-state index is 0.0618. The van der Waals surface area contributed by atoms with Crippen LogP contribution in [0.2, 0.25) is 0 Å². The number of tetrazole rings is 1. The van der Waals surface area contributed by atoms with Crippen LogP contribution in [0, 0.1) is 12.8 Å². The number of aromatic amines is 1. The number of nitrogens with zero attached hydrogens (tertiary/aromatic N) is 4. The minimum atomic E-state index is -0.206. The molecule has 0 radical (unpaired) electrons. The molecule has 3 aromatic rings. The first kappa shape index (κ1) is 21.3. The van der Waals surface area contributed by atoms with Gasteiger partial charge in [-0.3, -0.25) is 4.79 Å². The normalized spacial score (nSPS) is 20.3. The van der Waals surface area contributed by atoms with Crippen LogP contribution < -0.4 is 15.0 Å². The van der Waals surface area contributed by atoms with Crippen LogP contribution in [0.5, 0.6) is 11.5 Å². The first-order valence-electron chi connectivity index (χ1n) is 11.8. The van der Waals surface area contributed by atoms with Crippen molar-refractivity contribution >= 4 is 0 Å². The van der Waals surface area contributed by atoms with Gasteiger partial charge in [0, 0.05) is 29.7 Å². The number of ether oxygens (including phenoxy) is 4. The minimum Gasteiger partial charge on any atom is -0.490 e. The first-order valence-corrected chi connectivity index (χ1v) is 11.8. The Kier molecular flexibility index (Phi) is 5.54. The maximum atomic E-state index is 12.9. The van der Waals surface area contributed by atoms with Crippen molar-refractivity contribution in [1.29, 1.82) is 0 Å². The van der Waals surface area contributed by atoms with Crippen LogP contribution in [0.3, 0.4) is 0 Å². The second kappa shape index (κ2) is 8.84. The summed E-state index contributed by atoms with van der Waals surface area (Å²) in [5.74, 6) is 2.36. The zero-order valence-electron chi connectivity index (χ0n) is 19.0. The van der Waals surface area contributed by atoms with Crippen molar-refractivity contribution in [3.8, 4) is 22.8 Å². The largest absolute Gasteiger partial charge is 0.490 e. The fourth-order valence-corrected chi connectivity index (χ4v) is 4.77. The van der Waals surface area contributed by atoms with Gasteiger partial charge < -0.3 is 23.5 Å². The fourth-order valence-electron chi connectivity index (χ4n) is 4.77. The van der Waals surface area contributed by atoms with Gasteiger partial charge in [-0.25, -0.2) is 0 Å². The molecule has 1 N–H and O–H groups in total. The number of aryl methyl sites for hydroxylation is 1. The lowest BCUT2D eigenvalue weighted by atomic mass is 9.94. The molecule has 10 heteroatoms. The molecule has 34 heavy (non-hydrogen) atoms. The number of pyridine rings is 1. The van der Waals surface area contributed by atoms with Crippen molar-refractivity contribution < 1.29 is 18.9 Å². The Morgan fingerprint density at radius 1 is 1.26 bits per heavy atom. The second-order valence-corrected chi connectivity index (χ2v) is 9.07. The number of hydrogen-bond acceptors (Lipinski definition) is 8. The smallest absolute Gasteiger partial charge is 0.254 e. The van der Waals surface area contributed by atoms with Gasteiger partial charge in [-0.1, -0.05) is 5.21 Å². The van der Waals surface area contributed by atoms with Crippen LogP contribution in [0.1, 0.15) is 35.9 Å². The molecule has 1 saturated heterocycles. The predicted octanol–water partition coefficient (Wildman–Crippen LogP) is 2.22. The molecular weight excluding hydrogens is 438 g/mol.